The molecule has 0 saturated carbocycles. The lowest BCUT2D eigenvalue weighted by Gasteiger charge is -2.28. The summed E-state index contributed by atoms with van der Waals surface area (Å²) in [6.07, 6.45) is 0.609. The zero-order chi connectivity index (χ0) is 9.78. The normalized spacial score (nSPS) is 17.5. The van der Waals surface area contributed by atoms with Gasteiger partial charge in [0.1, 0.15) is 0 Å². The molecule has 0 fully saturated rings. The van der Waals surface area contributed by atoms with Crippen LogP contribution < -0.4 is 0 Å². The molecule has 0 amide bonds. The summed E-state index contributed by atoms with van der Waals surface area (Å²) in [5, 5.41) is 0. The molecule has 0 aromatic rings. The van der Waals surface area contributed by atoms with E-state index in [0.717, 1.165) is 6.42 Å². The molecule has 3 nitrogen and oxygen atoms in total. The number of hydrogen-bond acceptors (Lipinski definition) is 3. The number of methoxy groups -OCH3 is 1. The summed E-state index contributed by atoms with van der Waals surface area (Å²) in [5.74, 6) is 0. The van der Waals surface area contributed by atoms with E-state index in [9.17, 15) is 4.80 Å². The van der Waals surface area contributed by atoms with Crippen LogP contribution in [0.3, 0.4) is 0 Å². The maximum atomic E-state index is 9.78. The summed E-state index contributed by atoms with van der Waals surface area (Å²) < 4.78 is 10.5. The minimum absolute atomic E-state index is 0.0348. The highest BCUT2D eigenvalue weighted by Gasteiger charge is 2.30. The molecule has 0 aromatic heterocycles. The van der Waals surface area contributed by atoms with E-state index in [4.69, 9.17) is 9.47 Å². The van der Waals surface area contributed by atoms with E-state index in [1.54, 1.807) is 7.11 Å². The zero-order valence-corrected chi connectivity index (χ0v) is 9.63. The van der Waals surface area contributed by atoms with Crippen LogP contribution in [0.1, 0.15) is 20.3 Å². The van der Waals surface area contributed by atoms with Gasteiger partial charge in [0, 0.05) is 7.11 Å². The van der Waals surface area contributed by atoms with Crippen LogP contribution in [0.4, 0.5) is 0 Å². The van der Waals surface area contributed by atoms with Crippen LogP contribution in [0.5, 0.6) is 0 Å². The van der Waals surface area contributed by atoms with Crippen molar-refractivity contribution in [2.45, 2.75) is 45.4 Å². The third-order valence-electron chi connectivity index (χ3n) is 1.85. The molecule has 0 aliphatic rings. The van der Waals surface area contributed by atoms with Gasteiger partial charge in [0.15, 0.2) is 6.29 Å². The summed E-state index contributed by atoms with van der Waals surface area (Å²) in [4.78, 5) is 9.78. The van der Waals surface area contributed by atoms with Crippen molar-refractivity contribution in [1.29, 1.82) is 0 Å². The Bertz CT molecular complexity index is 122. The van der Waals surface area contributed by atoms with Gasteiger partial charge in [0.2, 0.25) is 8.32 Å². The van der Waals surface area contributed by atoms with E-state index in [2.05, 4.69) is 0 Å². The average Bonchev–Trinajstić information content (AvgIpc) is 1.97. The van der Waals surface area contributed by atoms with Crippen molar-refractivity contribution in [2.75, 3.05) is 7.11 Å². The summed E-state index contributed by atoms with van der Waals surface area (Å²) in [5.41, 5.74) is -0.0348. The fourth-order valence-corrected chi connectivity index (χ4v) is 2.57. The molecular weight excluding hydrogens is 172 g/mol. The first-order valence-corrected chi connectivity index (χ1v) is 7.34. The van der Waals surface area contributed by atoms with Gasteiger partial charge in [-0.05, 0) is 26.4 Å². The summed E-state index contributed by atoms with van der Waals surface area (Å²) in [6.45, 7) is 7.61. The second-order valence-corrected chi connectivity index (χ2v) is 7.44. The molecule has 0 heterocycles. The van der Waals surface area contributed by atoms with Crippen LogP contribution in [0.2, 0.25) is 13.1 Å². The Morgan fingerprint density at radius 1 is 1.42 bits per heavy atom. The molecule has 4 heteroatoms. The molecule has 12 heavy (non-hydrogen) atoms. The van der Waals surface area contributed by atoms with Gasteiger partial charge in [-0.3, -0.25) is 0 Å². The Hall–Kier alpha value is 0.0969. The summed E-state index contributed by atoms with van der Waals surface area (Å²) in [7, 11) is -0.567. The second-order valence-electron chi connectivity index (χ2n) is 3.49. The van der Waals surface area contributed by atoms with Gasteiger partial charge in [-0.25, -0.2) is 0 Å². The van der Waals surface area contributed by atoms with Gasteiger partial charge < -0.3 is 14.3 Å². The van der Waals surface area contributed by atoms with E-state index in [1.165, 1.54) is 0 Å². The minimum atomic E-state index is -2.17. The largest absolute Gasteiger partial charge is 0.430 e. The molecule has 0 bridgehead atoms. The number of hydrogen-bond donors (Lipinski definition) is 1. The lowest BCUT2D eigenvalue weighted by molar-refractivity contribution is -0.128. The molecule has 0 spiro atoms. The third kappa shape index (κ3) is 4.20. The predicted octanol–water partition coefficient (Wildman–Crippen LogP) is 1.51. The van der Waals surface area contributed by atoms with Gasteiger partial charge in [-0.1, -0.05) is 6.92 Å². The molecule has 0 radical (unpaired) electrons. The van der Waals surface area contributed by atoms with Crippen LogP contribution in [0, 0.1) is 0 Å². The Morgan fingerprint density at radius 3 is 2.17 bits per heavy atom. The molecular formula is C8H20O3Si. The average molecular weight is 192 g/mol. The third-order valence-corrected chi connectivity index (χ3v) is 3.97. The standard InChI is InChI=1S/C8H20O3Si/c1-6-8(12(4,5)9)11-7(2)10-3/h7-9H,6H2,1-5H3. The van der Waals surface area contributed by atoms with Crippen molar-refractivity contribution >= 4 is 8.32 Å². The Kier molecular flexibility index (Phi) is 5.00. The minimum Gasteiger partial charge on any atom is -0.430 e. The fraction of sp³-hybridized carbons (Fsp3) is 1.00. The maximum absolute atomic E-state index is 9.78. The van der Waals surface area contributed by atoms with Crippen LogP contribution in [0.25, 0.3) is 0 Å². The van der Waals surface area contributed by atoms with Crippen molar-refractivity contribution in [1.82, 2.24) is 0 Å². The highest BCUT2D eigenvalue weighted by atomic mass is 28.4. The molecule has 1 N–H and O–H groups in total. The monoisotopic (exact) mass is 192 g/mol. The highest BCUT2D eigenvalue weighted by Crippen LogP contribution is 2.14. The van der Waals surface area contributed by atoms with Crippen molar-refractivity contribution in [2.24, 2.45) is 0 Å². The number of rotatable bonds is 5. The van der Waals surface area contributed by atoms with E-state index in [1.807, 2.05) is 26.9 Å². The summed E-state index contributed by atoms with van der Waals surface area (Å²) in [6, 6.07) is 0. The predicted molar refractivity (Wildman–Crippen MR) is 51.3 cm³/mol. The molecule has 0 aliphatic heterocycles. The van der Waals surface area contributed by atoms with Crippen LogP contribution in [-0.4, -0.2) is 32.2 Å². The number of ether oxygens (including phenoxy) is 2. The van der Waals surface area contributed by atoms with Gasteiger partial charge in [0.05, 0.1) is 5.73 Å². The molecule has 2 unspecified atom stereocenters. The van der Waals surface area contributed by atoms with E-state index >= 15 is 0 Å². The second kappa shape index (κ2) is 4.96. The van der Waals surface area contributed by atoms with E-state index in [-0.39, 0.29) is 12.0 Å². The smallest absolute Gasteiger partial charge is 0.210 e. The Morgan fingerprint density at radius 2 is 1.92 bits per heavy atom. The zero-order valence-electron chi connectivity index (χ0n) is 8.63. The lowest BCUT2D eigenvalue weighted by Crippen LogP contribution is -2.45. The van der Waals surface area contributed by atoms with Crippen LogP contribution in [-0.2, 0) is 9.47 Å². The first-order valence-electron chi connectivity index (χ1n) is 4.32. The van der Waals surface area contributed by atoms with Crippen molar-refractivity contribution in [3.05, 3.63) is 0 Å². The maximum Gasteiger partial charge on any atom is 0.210 e. The SMILES string of the molecule is CCC(OC(C)OC)[Si](C)(C)O. The van der Waals surface area contributed by atoms with Gasteiger partial charge in [-0.2, -0.15) is 0 Å². The molecule has 0 rings (SSSR count). The van der Waals surface area contributed by atoms with Crippen molar-refractivity contribution in [3.63, 3.8) is 0 Å². The first-order chi connectivity index (χ1) is 5.41. The molecule has 0 aliphatic carbocycles. The molecule has 74 valence electrons. The summed E-state index contributed by atoms with van der Waals surface area (Å²) >= 11 is 0. The van der Waals surface area contributed by atoms with E-state index < -0.39 is 8.32 Å². The van der Waals surface area contributed by atoms with Gasteiger partial charge in [-0.15, -0.1) is 0 Å². The molecule has 0 aromatic carbocycles. The van der Waals surface area contributed by atoms with Crippen molar-refractivity contribution in [3.8, 4) is 0 Å². The van der Waals surface area contributed by atoms with Crippen molar-refractivity contribution < 1.29 is 14.3 Å². The highest BCUT2D eigenvalue weighted by molar-refractivity contribution is 6.71. The Labute approximate surface area is 75.8 Å². The van der Waals surface area contributed by atoms with Gasteiger partial charge in [0.25, 0.3) is 0 Å². The first kappa shape index (κ1) is 12.1. The van der Waals surface area contributed by atoms with E-state index in [0.29, 0.717) is 0 Å². The molecule has 2 atom stereocenters. The topological polar surface area (TPSA) is 38.7 Å². The fourth-order valence-electron chi connectivity index (χ4n) is 1.05. The molecule has 0 saturated heterocycles. The van der Waals surface area contributed by atoms with Gasteiger partial charge >= 0.3 is 0 Å². The van der Waals surface area contributed by atoms with Crippen LogP contribution in [0.15, 0.2) is 0 Å². The Balaban J connectivity index is 4.00. The quantitative estimate of drug-likeness (QED) is 0.530. The van der Waals surface area contributed by atoms with Crippen LogP contribution >= 0.6 is 0 Å². The lowest BCUT2D eigenvalue weighted by atomic mass is 10.5.